The van der Waals surface area contributed by atoms with E-state index in [9.17, 15) is 0 Å². The van der Waals surface area contributed by atoms with Crippen molar-refractivity contribution >= 4 is 29.9 Å². The van der Waals surface area contributed by atoms with Crippen LogP contribution in [0, 0.1) is 5.92 Å². The number of halogens is 1. The lowest BCUT2D eigenvalue weighted by molar-refractivity contribution is -0.0261. The molecule has 26 heavy (non-hydrogen) atoms. The van der Waals surface area contributed by atoms with Crippen molar-refractivity contribution in [1.29, 1.82) is 0 Å². The first-order chi connectivity index (χ1) is 12.0. The van der Waals surface area contributed by atoms with Crippen molar-refractivity contribution in [2.75, 3.05) is 79.7 Å². The fraction of sp³-hybridized carbons (Fsp3) is 0.944. The quantitative estimate of drug-likeness (QED) is 0.260. The van der Waals surface area contributed by atoms with Gasteiger partial charge in [-0.15, -0.1) is 24.0 Å². The number of hydrogen-bond acceptors (Lipinski definition) is 5. The van der Waals surface area contributed by atoms with E-state index in [0.717, 1.165) is 65.0 Å². The Morgan fingerprint density at radius 2 is 2.12 bits per heavy atom. The summed E-state index contributed by atoms with van der Waals surface area (Å²) in [7, 11) is 3.83. The number of nitrogens with zero attached hydrogens (tertiary/aromatic N) is 3. The van der Waals surface area contributed by atoms with Crippen molar-refractivity contribution in [3.8, 4) is 0 Å². The van der Waals surface area contributed by atoms with Crippen LogP contribution in [-0.2, 0) is 9.47 Å². The van der Waals surface area contributed by atoms with Gasteiger partial charge in [-0.1, -0.05) is 13.8 Å². The summed E-state index contributed by atoms with van der Waals surface area (Å²) in [6, 6.07) is 0. The predicted octanol–water partition coefficient (Wildman–Crippen LogP) is 1.09. The molecular formula is C18H40IN5O2. The van der Waals surface area contributed by atoms with Crippen LogP contribution in [-0.4, -0.2) is 102 Å². The fourth-order valence-electron chi connectivity index (χ4n) is 2.83. The standard InChI is InChI=1S/C18H39N5O2.HI/c1-6-19-18(20-7-8-22(4)9-11-24-5)21-13-17-15-23(10-12-25-17)14-16(2)3;/h16-17H,6-15H2,1-5H3,(H2,19,20,21);1H. The van der Waals surface area contributed by atoms with Crippen LogP contribution in [0.3, 0.4) is 0 Å². The highest BCUT2D eigenvalue weighted by atomic mass is 127. The van der Waals surface area contributed by atoms with Gasteiger partial charge in [0.25, 0.3) is 0 Å². The van der Waals surface area contributed by atoms with Gasteiger partial charge in [0.1, 0.15) is 0 Å². The first-order valence-corrected chi connectivity index (χ1v) is 9.58. The Hall–Kier alpha value is -0.160. The Balaban J connectivity index is 0.00000625. The minimum Gasteiger partial charge on any atom is -0.383 e. The molecular weight excluding hydrogens is 445 g/mol. The van der Waals surface area contributed by atoms with Crippen LogP contribution in [0.1, 0.15) is 20.8 Å². The highest BCUT2D eigenvalue weighted by Gasteiger charge is 2.20. The van der Waals surface area contributed by atoms with E-state index >= 15 is 0 Å². The summed E-state index contributed by atoms with van der Waals surface area (Å²) in [6.07, 6.45) is 0.187. The van der Waals surface area contributed by atoms with Crippen LogP contribution in [0.25, 0.3) is 0 Å². The summed E-state index contributed by atoms with van der Waals surface area (Å²) in [5.74, 6) is 1.56. The van der Waals surface area contributed by atoms with E-state index in [1.165, 1.54) is 0 Å². The molecule has 1 atom stereocenters. The molecule has 7 nitrogen and oxygen atoms in total. The smallest absolute Gasteiger partial charge is 0.191 e. The average molecular weight is 485 g/mol. The monoisotopic (exact) mass is 485 g/mol. The summed E-state index contributed by atoms with van der Waals surface area (Å²) in [5.41, 5.74) is 0. The van der Waals surface area contributed by atoms with Crippen LogP contribution in [0.5, 0.6) is 0 Å². The molecule has 2 N–H and O–H groups in total. The molecule has 1 aliphatic heterocycles. The van der Waals surface area contributed by atoms with Gasteiger partial charge in [0.15, 0.2) is 5.96 Å². The second-order valence-corrected chi connectivity index (χ2v) is 7.09. The number of morpholine rings is 1. The van der Waals surface area contributed by atoms with Crippen LogP contribution in [0.2, 0.25) is 0 Å². The van der Waals surface area contributed by atoms with Gasteiger partial charge in [0.05, 0.1) is 25.9 Å². The summed E-state index contributed by atoms with van der Waals surface area (Å²) in [5, 5.41) is 6.71. The molecule has 0 aromatic heterocycles. The van der Waals surface area contributed by atoms with E-state index in [1.807, 2.05) is 0 Å². The highest BCUT2D eigenvalue weighted by Crippen LogP contribution is 2.08. The third-order valence-corrected chi connectivity index (χ3v) is 4.11. The van der Waals surface area contributed by atoms with Crippen molar-refractivity contribution in [3.63, 3.8) is 0 Å². The molecule has 0 saturated carbocycles. The Kier molecular flexibility index (Phi) is 15.8. The van der Waals surface area contributed by atoms with Gasteiger partial charge in [0.2, 0.25) is 0 Å². The normalized spacial score (nSPS) is 18.9. The molecule has 0 aromatic carbocycles. The third kappa shape index (κ3) is 12.3. The zero-order chi connectivity index (χ0) is 18.5. The van der Waals surface area contributed by atoms with Gasteiger partial charge < -0.3 is 25.0 Å². The number of methoxy groups -OCH3 is 1. The van der Waals surface area contributed by atoms with Crippen LogP contribution in [0.4, 0.5) is 0 Å². The van der Waals surface area contributed by atoms with Crippen molar-refractivity contribution < 1.29 is 9.47 Å². The molecule has 0 aromatic rings. The van der Waals surface area contributed by atoms with Gasteiger partial charge >= 0.3 is 0 Å². The van der Waals surface area contributed by atoms with Gasteiger partial charge in [-0.3, -0.25) is 9.89 Å². The van der Waals surface area contributed by atoms with E-state index < -0.39 is 0 Å². The Morgan fingerprint density at radius 3 is 2.77 bits per heavy atom. The number of nitrogens with one attached hydrogen (secondary N) is 2. The number of ether oxygens (including phenoxy) is 2. The molecule has 8 heteroatoms. The first kappa shape index (κ1) is 25.8. The Morgan fingerprint density at radius 1 is 1.35 bits per heavy atom. The van der Waals surface area contributed by atoms with Gasteiger partial charge in [-0.25, -0.2) is 0 Å². The van der Waals surface area contributed by atoms with Crippen LogP contribution >= 0.6 is 24.0 Å². The van der Waals surface area contributed by atoms with Gasteiger partial charge in [-0.2, -0.15) is 0 Å². The maximum atomic E-state index is 5.88. The zero-order valence-corrected chi connectivity index (χ0v) is 19.6. The molecule has 156 valence electrons. The average Bonchev–Trinajstić information content (AvgIpc) is 2.57. The Bertz CT molecular complexity index is 371. The Labute approximate surface area is 177 Å². The van der Waals surface area contributed by atoms with Crippen molar-refractivity contribution in [2.45, 2.75) is 26.9 Å². The first-order valence-electron chi connectivity index (χ1n) is 9.58. The molecule has 0 amide bonds. The van der Waals surface area contributed by atoms with Crippen LogP contribution < -0.4 is 10.6 Å². The summed E-state index contributed by atoms with van der Waals surface area (Å²) in [6.45, 7) is 15.6. The van der Waals surface area contributed by atoms with E-state index in [1.54, 1.807) is 7.11 Å². The van der Waals surface area contributed by atoms with E-state index in [4.69, 9.17) is 14.5 Å². The van der Waals surface area contributed by atoms with Gasteiger partial charge in [0, 0.05) is 52.9 Å². The third-order valence-electron chi connectivity index (χ3n) is 4.11. The second-order valence-electron chi connectivity index (χ2n) is 7.09. The van der Waals surface area contributed by atoms with Gasteiger partial charge in [-0.05, 0) is 19.9 Å². The molecule has 1 saturated heterocycles. The molecule has 0 spiro atoms. The highest BCUT2D eigenvalue weighted by molar-refractivity contribution is 14.0. The number of hydrogen-bond donors (Lipinski definition) is 2. The van der Waals surface area contributed by atoms with E-state index in [-0.39, 0.29) is 30.1 Å². The lowest BCUT2D eigenvalue weighted by Crippen LogP contribution is -2.46. The minimum atomic E-state index is 0. The zero-order valence-electron chi connectivity index (χ0n) is 17.3. The lowest BCUT2D eigenvalue weighted by atomic mass is 10.2. The van der Waals surface area contributed by atoms with Crippen molar-refractivity contribution in [3.05, 3.63) is 0 Å². The molecule has 1 fully saturated rings. The topological polar surface area (TPSA) is 61.4 Å². The molecule has 1 aliphatic rings. The molecule has 0 bridgehead atoms. The fourth-order valence-corrected chi connectivity index (χ4v) is 2.83. The number of aliphatic imine (C=N–C) groups is 1. The summed E-state index contributed by atoms with van der Waals surface area (Å²) in [4.78, 5) is 9.44. The summed E-state index contributed by atoms with van der Waals surface area (Å²) >= 11 is 0. The number of guanidine groups is 1. The SMILES string of the molecule is CCNC(=NCC1CN(CC(C)C)CCO1)NCCN(C)CCOC.I. The number of rotatable bonds is 11. The van der Waals surface area contributed by atoms with Crippen molar-refractivity contribution in [1.82, 2.24) is 20.4 Å². The molecule has 1 heterocycles. The predicted molar refractivity (Wildman–Crippen MR) is 120 cm³/mol. The van der Waals surface area contributed by atoms with Crippen LogP contribution in [0.15, 0.2) is 4.99 Å². The summed E-state index contributed by atoms with van der Waals surface area (Å²) < 4.78 is 11.0. The van der Waals surface area contributed by atoms with E-state index in [0.29, 0.717) is 12.5 Å². The maximum absolute atomic E-state index is 5.88. The van der Waals surface area contributed by atoms with Crippen molar-refractivity contribution in [2.24, 2.45) is 10.9 Å². The molecule has 0 aliphatic carbocycles. The molecule has 0 radical (unpaired) electrons. The van der Waals surface area contributed by atoms with E-state index in [2.05, 4.69) is 48.3 Å². The lowest BCUT2D eigenvalue weighted by Gasteiger charge is -2.33. The maximum Gasteiger partial charge on any atom is 0.191 e. The number of likely N-dealkylation sites (N-methyl/N-ethyl adjacent to an activating group) is 1. The molecule has 1 unspecified atom stereocenters. The molecule has 1 rings (SSSR count). The second kappa shape index (κ2) is 15.9. The largest absolute Gasteiger partial charge is 0.383 e. The minimum absolute atomic E-state index is 0.